The Labute approximate surface area is 117 Å². The van der Waals surface area contributed by atoms with Crippen LogP contribution in [-0.4, -0.2) is 55.0 Å². The highest BCUT2D eigenvalue weighted by atomic mass is 16.2. The maximum absolute atomic E-state index is 12.5. The van der Waals surface area contributed by atoms with Crippen molar-refractivity contribution in [1.29, 1.82) is 0 Å². The molecule has 19 heavy (non-hydrogen) atoms. The molecule has 4 nitrogen and oxygen atoms in total. The van der Waals surface area contributed by atoms with Gasteiger partial charge in [0.1, 0.15) is 0 Å². The van der Waals surface area contributed by atoms with Gasteiger partial charge in [0.25, 0.3) is 0 Å². The van der Waals surface area contributed by atoms with Gasteiger partial charge in [-0.3, -0.25) is 4.79 Å². The van der Waals surface area contributed by atoms with Crippen molar-refractivity contribution >= 4 is 5.91 Å². The number of nitrogens with two attached hydrogens (primary N) is 1. The summed E-state index contributed by atoms with van der Waals surface area (Å²) < 4.78 is 0. The second-order valence-corrected chi connectivity index (χ2v) is 6.64. The van der Waals surface area contributed by atoms with Crippen LogP contribution in [0.25, 0.3) is 0 Å². The van der Waals surface area contributed by atoms with Gasteiger partial charge < -0.3 is 15.5 Å². The number of likely N-dealkylation sites (N-methyl/N-ethyl adjacent to an activating group) is 1. The summed E-state index contributed by atoms with van der Waals surface area (Å²) in [6.45, 7) is 1.95. The van der Waals surface area contributed by atoms with Crippen molar-refractivity contribution in [2.24, 2.45) is 11.7 Å². The smallest absolute Gasteiger partial charge is 0.223 e. The summed E-state index contributed by atoms with van der Waals surface area (Å²) in [6.07, 6.45) is 7.60. The molecular formula is C15H29N3O. The highest BCUT2D eigenvalue weighted by Gasteiger charge is 2.31. The molecule has 0 aromatic rings. The van der Waals surface area contributed by atoms with Gasteiger partial charge in [0.15, 0.2) is 0 Å². The van der Waals surface area contributed by atoms with Crippen LogP contribution in [0.5, 0.6) is 0 Å². The molecule has 0 aromatic heterocycles. The van der Waals surface area contributed by atoms with Crippen LogP contribution in [0, 0.1) is 5.92 Å². The van der Waals surface area contributed by atoms with Crippen LogP contribution in [-0.2, 0) is 4.79 Å². The highest BCUT2D eigenvalue weighted by molar-refractivity contribution is 5.77. The number of rotatable bonds is 4. The van der Waals surface area contributed by atoms with Crippen LogP contribution >= 0.6 is 0 Å². The molecule has 4 heteroatoms. The molecule has 0 radical (unpaired) electrons. The summed E-state index contributed by atoms with van der Waals surface area (Å²) >= 11 is 0. The van der Waals surface area contributed by atoms with Crippen molar-refractivity contribution in [1.82, 2.24) is 9.80 Å². The zero-order valence-corrected chi connectivity index (χ0v) is 12.5. The van der Waals surface area contributed by atoms with Crippen molar-refractivity contribution in [3.05, 3.63) is 0 Å². The topological polar surface area (TPSA) is 49.6 Å². The molecule has 1 saturated carbocycles. The van der Waals surface area contributed by atoms with Gasteiger partial charge in [-0.2, -0.15) is 0 Å². The molecule has 1 heterocycles. The van der Waals surface area contributed by atoms with Gasteiger partial charge in [0, 0.05) is 31.6 Å². The summed E-state index contributed by atoms with van der Waals surface area (Å²) in [7, 11) is 4.17. The summed E-state index contributed by atoms with van der Waals surface area (Å²) in [5.41, 5.74) is 6.02. The van der Waals surface area contributed by atoms with Crippen molar-refractivity contribution in [3.8, 4) is 0 Å². The number of hydrogen-bond acceptors (Lipinski definition) is 3. The molecule has 110 valence electrons. The van der Waals surface area contributed by atoms with Crippen LogP contribution in [0.4, 0.5) is 0 Å². The molecule has 2 fully saturated rings. The first-order valence-electron chi connectivity index (χ1n) is 7.76. The Hall–Kier alpha value is -0.610. The molecule has 1 aliphatic heterocycles. The van der Waals surface area contributed by atoms with E-state index in [0.717, 1.165) is 45.2 Å². The maximum Gasteiger partial charge on any atom is 0.223 e. The average molecular weight is 267 g/mol. The fourth-order valence-electron chi connectivity index (χ4n) is 3.66. The predicted molar refractivity (Wildman–Crippen MR) is 77.8 cm³/mol. The fourth-order valence-corrected chi connectivity index (χ4v) is 3.66. The van der Waals surface area contributed by atoms with E-state index >= 15 is 0 Å². The lowest BCUT2D eigenvalue weighted by molar-refractivity contribution is -0.133. The average Bonchev–Trinajstić information content (AvgIpc) is 2.76. The van der Waals surface area contributed by atoms with E-state index in [4.69, 9.17) is 5.73 Å². The number of likely N-dealkylation sites (tertiary alicyclic amines) is 1. The third-order valence-electron chi connectivity index (χ3n) is 4.56. The third-order valence-corrected chi connectivity index (χ3v) is 4.56. The molecule has 1 aliphatic carbocycles. The molecule has 0 aromatic carbocycles. The van der Waals surface area contributed by atoms with E-state index in [1.165, 1.54) is 12.8 Å². The number of amides is 1. The SMILES string of the molecule is CN(C)CC1CCCN1C(=O)CC1CCCC(N)C1. The highest BCUT2D eigenvalue weighted by Crippen LogP contribution is 2.28. The molecule has 3 atom stereocenters. The molecule has 2 rings (SSSR count). The van der Waals surface area contributed by atoms with Crippen molar-refractivity contribution in [2.45, 2.75) is 57.0 Å². The van der Waals surface area contributed by atoms with E-state index in [-0.39, 0.29) is 0 Å². The van der Waals surface area contributed by atoms with Gasteiger partial charge >= 0.3 is 0 Å². The first-order valence-corrected chi connectivity index (χ1v) is 7.76. The standard InChI is InChI=1S/C15H29N3O/c1-17(2)11-14-7-4-8-18(14)15(19)10-12-5-3-6-13(16)9-12/h12-14H,3-11,16H2,1-2H3. The minimum atomic E-state index is 0.322. The maximum atomic E-state index is 12.5. The van der Waals surface area contributed by atoms with Crippen molar-refractivity contribution < 1.29 is 4.79 Å². The number of hydrogen-bond donors (Lipinski definition) is 1. The molecule has 3 unspecified atom stereocenters. The van der Waals surface area contributed by atoms with E-state index in [1.54, 1.807) is 0 Å². The van der Waals surface area contributed by atoms with E-state index in [9.17, 15) is 4.79 Å². The Balaban J connectivity index is 1.84. The lowest BCUT2D eigenvalue weighted by Gasteiger charge is -2.31. The Morgan fingerprint density at radius 1 is 1.26 bits per heavy atom. The molecule has 0 bridgehead atoms. The number of carbonyl (C=O) groups excluding carboxylic acids is 1. The monoisotopic (exact) mass is 267 g/mol. The zero-order chi connectivity index (χ0) is 13.8. The van der Waals surface area contributed by atoms with E-state index in [1.807, 2.05) is 0 Å². The molecule has 1 saturated heterocycles. The third kappa shape index (κ3) is 4.18. The fraction of sp³-hybridized carbons (Fsp3) is 0.933. The summed E-state index contributed by atoms with van der Waals surface area (Å²) in [5, 5.41) is 0. The molecule has 2 aliphatic rings. The van der Waals surface area contributed by atoms with E-state index in [0.29, 0.717) is 23.9 Å². The number of nitrogens with zero attached hydrogens (tertiary/aromatic N) is 2. The van der Waals surface area contributed by atoms with Crippen LogP contribution in [0.3, 0.4) is 0 Å². The Bertz CT molecular complexity index is 306. The molecule has 0 spiro atoms. The van der Waals surface area contributed by atoms with E-state index in [2.05, 4.69) is 23.9 Å². The van der Waals surface area contributed by atoms with Crippen molar-refractivity contribution in [3.63, 3.8) is 0 Å². The predicted octanol–water partition coefficient (Wildman–Crippen LogP) is 1.45. The van der Waals surface area contributed by atoms with Crippen LogP contribution in [0.2, 0.25) is 0 Å². The van der Waals surface area contributed by atoms with E-state index < -0.39 is 0 Å². The molecular weight excluding hydrogens is 238 g/mol. The minimum Gasteiger partial charge on any atom is -0.338 e. The Morgan fingerprint density at radius 3 is 2.74 bits per heavy atom. The van der Waals surface area contributed by atoms with Gasteiger partial charge in [-0.15, -0.1) is 0 Å². The first kappa shape index (κ1) is 14.8. The minimum absolute atomic E-state index is 0.322. The molecule has 2 N–H and O–H groups in total. The largest absolute Gasteiger partial charge is 0.338 e. The Morgan fingerprint density at radius 2 is 2.05 bits per heavy atom. The zero-order valence-electron chi connectivity index (χ0n) is 12.5. The van der Waals surface area contributed by atoms with Crippen molar-refractivity contribution in [2.75, 3.05) is 27.2 Å². The van der Waals surface area contributed by atoms with Gasteiger partial charge in [-0.25, -0.2) is 0 Å². The second kappa shape index (κ2) is 6.71. The molecule has 1 amide bonds. The normalized spacial score (nSPS) is 32.0. The summed E-state index contributed by atoms with van der Waals surface area (Å²) in [5.74, 6) is 0.889. The lowest BCUT2D eigenvalue weighted by Crippen LogP contribution is -2.42. The van der Waals surface area contributed by atoms with Gasteiger partial charge in [0.2, 0.25) is 5.91 Å². The quantitative estimate of drug-likeness (QED) is 0.838. The summed E-state index contributed by atoms with van der Waals surface area (Å²) in [6, 6.07) is 0.752. The van der Waals surface area contributed by atoms with Crippen LogP contribution in [0.1, 0.15) is 44.9 Å². The van der Waals surface area contributed by atoms with Gasteiger partial charge in [-0.05, 0) is 52.1 Å². The van der Waals surface area contributed by atoms with Crippen LogP contribution < -0.4 is 5.73 Å². The number of carbonyl (C=O) groups is 1. The van der Waals surface area contributed by atoms with Gasteiger partial charge in [0.05, 0.1) is 0 Å². The van der Waals surface area contributed by atoms with Crippen LogP contribution in [0.15, 0.2) is 0 Å². The second-order valence-electron chi connectivity index (χ2n) is 6.64. The first-order chi connectivity index (χ1) is 9.06. The lowest BCUT2D eigenvalue weighted by atomic mass is 9.84. The van der Waals surface area contributed by atoms with Gasteiger partial charge in [-0.1, -0.05) is 6.42 Å². The summed E-state index contributed by atoms with van der Waals surface area (Å²) in [4.78, 5) is 16.8. The Kier molecular flexibility index (Phi) is 5.22.